The molecule has 0 saturated carbocycles. The number of phenolic OH excluding ortho intramolecular Hbond substituents is 3. The van der Waals surface area contributed by atoms with Gasteiger partial charge in [0.15, 0.2) is 11.9 Å². The number of fused-ring (bicyclic) bond motifs is 1. The molecule has 0 spiro atoms. The zero-order valence-corrected chi connectivity index (χ0v) is 14.1. The second-order valence-corrected chi connectivity index (χ2v) is 6.42. The SMILES string of the molecule is CC(C)=CCc1c(O)cc(O)c2c1OC(c1ccc(O)cc1)C(=O)C2. The van der Waals surface area contributed by atoms with Crippen molar-refractivity contribution in [3.8, 4) is 23.0 Å². The lowest BCUT2D eigenvalue weighted by molar-refractivity contribution is -0.126. The Morgan fingerprint density at radius 2 is 1.84 bits per heavy atom. The van der Waals surface area contributed by atoms with Gasteiger partial charge < -0.3 is 20.1 Å². The van der Waals surface area contributed by atoms with Gasteiger partial charge in [-0.2, -0.15) is 0 Å². The third kappa shape index (κ3) is 3.31. The second kappa shape index (κ2) is 6.51. The van der Waals surface area contributed by atoms with Crippen LogP contribution in [0.3, 0.4) is 0 Å². The number of hydrogen-bond donors (Lipinski definition) is 3. The predicted octanol–water partition coefficient (Wildman–Crippen LogP) is 3.56. The zero-order valence-electron chi connectivity index (χ0n) is 14.1. The molecule has 3 N–H and O–H groups in total. The van der Waals surface area contributed by atoms with Crippen LogP contribution in [-0.2, 0) is 17.6 Å². The molecule has 2 aromatic carbocycles. The van der Waals surface area contributed by atoms with E-state index in [1.54, 1.807) is 12.1 Å². The number of phenols is 3. The Kier molecular flexibility index (Phi) is 4.40. The molecule has 0 aromatic heterocycles. The molecular formula is C20H20O5. The maximum atomic E-state index is 12.5. The molecular weight excluding hydrogens is 320 g/mol. The minimum Gasteiger partial charge on any atom is -0.508 e. The average Bonchev–Trinajstić information content (AvgIpc) is 2.55. The van der Waals surface area contributed by atoms with Crippen LogP contribution in [0, 0.1) is 0 Å². The monoisotopic (exact) mass is 340 g/mol. The summed E-state index contributed by atoms with van der Waals surface area (Å²) in [5.41, 5.74) is 2.65. The molecule has 5 heteroatoms. The summed E-state index contributed by atoms with van der Waals surface area (Å²) in [5.74, 6) is 0.0606. The predicted molar refractivity (Wildman–Crippen MR) is 93.1 cm³/mol. The van der Waals surface area contributed by atoms with Gasteiger partial charge in [-0.05, 0) is 32.4 Å². The maximum absolute atomic E-state index is 12.5. The Balaban J connectivity index is 2.06. The van der Waals surface area contributed by atoms with E-state index in [4.69, 9.17) is 4.74 Å². The van der Waals surface area contributed by atoms with Crippen LogP contribution in [0.25, 0.3) is 0 Å². The van der Waals surface area contributed by atoms with Gasteiger partial charge in [-0.15, -0.1) is 0 Å². The van der Waals surface area contributed by atoms with E-state index >= 15 is 0 Å². The molecule has 1 atom stereocenters. The van der Waals surface area contributed by atoms with Crippen molar-refractivity contribution in [1.82, 2.24) is 0 Å². The number of carbonyl (C=O) groups is 1. The van der Waals surface area contributed by atoms with Gasteiger partial charge in [-0.25, -0.2) is 0 Å². The first kappa shape index (κ1) is 16.9. The van der Waals surface area contributed by atoms with Gasteiger partial charge in [-0.3, -0.25) is 4.79 Å². The molecule has 5 nitrogen and oxygen atoms in total. The van der Waals surface area contributed by atoms with Crippen LogP contribution in [0.1, 0.15) is 36.6 Å². The van der Waals surface area contributed by atoms with Gasteiger partial charge in [0.1, 0.15) is 23.0 Å². The minimum atomic E-state index is -0.834. The molecule has 0 amide bonds. The lowest BCUT2D eigenvalue weighted by Crippen LogP contribution is -2.26. The van der Waals surface area contributed by atoms with Gasteiger partial charge in [-0.1, -0.05) is 23.8 Å². The van der Waals surface area contributed by atoms with Crippen LogP contribution in [0.5, 0.6) is 23.0 Å². The highest BCUT2D eigenvalue weighted by Crippen LogP contribution is 2.44. The van der Waals surface area contributed by atoms with Crippen molar-refractivity contribution in [1.29, 1.82) is 0 Å². The molecule has 2 aromatic rings. The molecule has 25 heavy (non-hydrogen) atoms. The first-order chi connectivity index (χ1) is 11.9. The van der Waals surface area contributed by atoms with E-state index in [1.165, 1.54) is 18.2 Å². The van der Waals surface area contributed by atoms with Crippen molar-refractivity contribution in [3.63, 3.8) is 0 Å². The number of hydrogen-bond acceptors (Lipinski definition) is 5. The first-order valence-corrected chi connectivity index (χ1v) is 8.05. The molecule has 3 rings (SSSR count). The number of allylic oxidation sites excluding steroid dienone is 2. The lowest BCUT2D eigenvalue weighted by Gasteiger charge is -2.28. The molecule has 0 saturated heterocycles. The van der Waals surface area contributed by atoms with Gasteiger partial charge in [0.2, 0.25) is 0 Å². The molecule has 0 fully saturated rings. The number of Topliss-reactive ketones (excluding diaryl/α,β-unsaturated/α-hetero) is 1. The van der Waals surface area contributed by atoms with E-state index in [-0.39, 0.29) is 29.5 Å². The molecule has 0 aliphatic carbocycles. The second-order valence-electron chi connectivity index (χ2n) is 6.42. The molecule has 0 radical (unpaired) electrons. The van der Waals surface area contributed by atoms with Crippen LogP contribution in [0.2, 0.25) is 0 Å². The normalized spacial score (nSPS) is 16.1. The molecule has 0 bridgehead atoms. The fourth-order valence-electron chi connectivity index (χ4n) is 2.89. The Labute approximate surface area is 145 Å². The molecule has 1 heterocycles. The van der Waals surface area contributed by atoms with E-state index < -0.39 is 6.10 Å². The number of ketones is 1. The number of benzene rings is 2. The highest BCUT2D eigenvalue weighted by Gasteiger charge is 2.33. The van der Waals surface area contributed by atoms with Gasteiger partial charge in [0.25, 0.3) is 0 Å². The summed E-state index contributed by atoms with van der Waals surface area (Å²) in [6, 6.07) is 7.49. The average molecular weight is 340 g/mol. The van der Waals surface area contributed by atoms with Crippen LogP contribution in [0.4, 0.5) is 0 Å². The Morgan fingerprint density at radius 1 is 1.16 bits per heavy atom. The Bertz CT molecular complexity index is 845. The van der Waals surface area contributed by atoms with Gasteiger partial charge in [0, 0.05) is 29.2 Å². The zero-order chi connectivity index (χ0) is 18.1. The lowest BCUT2D eigenvalue weighted by atomic mass is 9.92. The first-order valence-electron chi connectivity index (χ1n) is 8.05. The van der Waals surface area contributed by atoms with Gasteiger partial charge in [0.05, 0.1) is 0 Å². The molecule has 1 unspecified atom stereocenters. The third-order valence-electron chi connectivity index (χ3n) is 4.23. The number of ether oxygens (including phenoxy) is 1. The van der Waals surface area contributed by atoms with Crippen molar-refractivity contribution >= 4 is 5.78 Å². The summed E-state index contributed by atoms with van der Waals surface area (Å²) in [6.07, 6.45) is 1.57. The Morgan fingerprint density at radius 3 is 2.48 bits per heavy atom. The highest BCUT2D eigenvalue weighted by molar-refractivity contribution is 5.90. The summed E-state index contributed by atoms with van der Waals surface area (Å²) in [4.78, 5) is 12.5. The minimum absolute atomic E-state index is 0.0226. The van der Waals surface area contributed by atoms with E-state index in [0.29, 0.717) is 28.9 Å². The summed E-state index contributed by atoms with van der Waals surface area (Å²) in [5, 5.41) is 29.8. The number of carbonyl (C=O) groups excluding carboxylic acids is 1. The number of rotatable bonds is 3. The van der Waals surface area contributed by atoms with Crippen molar-refractivity contribution in [2.75, 3.05) is 0 Å². The van der Waals surface area contributed by atoms with Gasteiger partial charge >= 0.3 is 0 Å². The van der Waals surface area contributed by atoms with Crippen LogP contribution >= 0.6 is 0 Å². The van der Waals surface area contributed by atoms with Crippen LogP contribution in [0.15, 0.2) is 42.0 Å². The van der Waals surface area contributed by atoms with E-state index in [2.05, 4.69) is 0 Å². The summed E-state index contributed by atoms with van der Waals surface area (Å²) >= 11 is 0. The topological polar surface area (TPSA) is 87.0 Å². The van der Waals surface area contributed by atoms with Crippen molar-refractivity contribution in [3.05, 3.63) is 58.7 Å². The van der Waals surface area contributed by atoms with Crippen LogP contribution < -0.4 is 4.74 Å². The molecule has 1 aliphatic heterocycles. The van der Waals surface area contributed by atoms with Crippen molar-refractivity contribution in [2.45, 2.75) is 32.8 Å². The smallest absolute Gasteiger partial charge is 0.182 e. The molecule has 130 valence electrons. The summed E-state index contributed by atoms with van der Waals surface area (Å²) in [6.45, 7) is 3.90. The highest BCUT2D eigenvalue weighted by atomic mass is 16.5. The Hall–Kier alpha value is -2.95. The standard InChI is InChI=1S/C20H20O5/c1-11(2)3-8-14-16(22)10-17(23)15-9-18(24)19(25-20(14)15)12-4-6-13(21)7-5-12/h3-7,10,19,21-23H,8-9H2,1-2H3. The molecule has 1 aliphatic rings. The maximum Gasteiger partial charge on any atom is 0.182 e. The van der Waals surface area contributed by atoms with Crippen molar-refractivity contribution in [2.24, 2.45) is 0 Å². The quantitative estimate of drug-likeness (QED) is 0.744. The van der Waals surface area contributed by atoms with E-state index in [1.807, 2.05) is 19.9 Å². The summed E-state index contributed by atoms with van der Waals surface area (Å²) in [7, 11) is 0. The van der Waals surface area contributed by atoms with E-state index in [0.717, 1.165) is 5.57 Å². The fraction of sp³-hybridized carbons (Fsp3) is 0.250. The largest absolute Gasteiger partial charge is 0.508 e. The number of aromatic hydroxyl groups is 3. The van der Waals surface area contributed by atoms with Crippen molar-refractivity contribution < 1.29 is 24.9 Å². The van der Waals surface area contributed by atoms with Crippen LogP contribution in [-0.4, -0.2) is 21.1 Å². The third-order valence-corrected chi connectivity index (χ3v) is 4.23. The summed E-state index contributed by atoms with van der Waals surface area (Å²) < 4.78 is 5.91. The van der Waals surface area contributed by atoms with E-state index in [9.17, 15) is 20.1 Å². The fourth-order valence-corrected chi connectivity index (χ4v) is 2.89.